The predicted octanol–water partition coefficient (Wildman–Crippen LogP) is 2.23. The second-order valence-electron chi connectivity index (χ2n) is 3.42. The average molecular weight is 226 g/mol. The topological polar surface area (TPSA) is 34.8 Å². The third-order valence-electron chi connectivity index (χ3n) is 2.31. The molecular weight excluding hydrogens is 214 g/mol. The van der Waals surface area contributed by atoms with Crippen LogP contribution in [0.3, 0.4) is 0 Å². The summed E-state index contributed by atoms with van der Waals surface area (Å²) >= 11 is 0. The van der Waals surface area contributed by atoms with E-state index in [0.717, 1.165) is 5.69 Å². The number of aryl methyl sites for hydroxylation is 1. The van der Waals surface area contributed by atoms with Gasteiger partial charge in [0, 0.05) is 31.2 Å². The van der Waals surface area contributed by atoms with Gasteiger partial charge in [-0.2, -0.15) is 13.9 Å². The van der Waals surface area contributed by atoms with E-state index in [4.69, 9.17) is 0 Å². The highest BCUT2D eigenvalue weighted by atomic mass is 19.3. The fraction of sp³-hybridized carbons (Fsp3) is 0.300. The summed E-state index contributed by atoms with van der Waals surface area (Å²) in [6.45, 7) is -2.03. The first-order valence-corrected chi connectivity index (χ1v) is 4.84. The molecule has 86 valence electrons. The van der Waals surface area contributed by atoms with E-state index in [1.807, 2.05) is 29.9 Å². The van der Waals surface area contributed by atoms with E-state index >= 15 is 0 Å². The number of nitrogens with zero attached hydrogens (tertiary/aromatic N) is 3. The Labute approximate surface area is 91.5 Å². The first-order valence-electron chi connectivity index (χ1n) is 4.84. The standard InChI is InChI=1S/C10H12F2N4/c1-15-5-2-3-8(15)7-13-9-4-6-16(14-9)10(11)12/h2-6,10H,7H2,1H3,(H,13,14). The molecule has 0 spiro atoms. The lowest BCUT2D eigenvalue weighted by molar-refractivity contribution is 0.0569. The number of aromatic nitrogens is 3. The number of anilines is 1. The SMILES string of the molecule is Cn1cccc1CNc1ccn(C(F)F)n1. The molecule has 0 radical (unpaired) electrons. The van der Waals surface area contributed by atoms with Gasteiger partial charge in [-0.05, 0) is 12.1 Å². The third-order valence-corrected chi connectivity index (χ3v) is 2.31. The summed E-state index contributed by atoms with van der Waals surface area (Å²) in [6, 6.07) is 5.40. The summed E-state index contributed by atoms with van der Waals surface area (Å²) in [6.07, 6.45) is 3.17. The smallest absolute Gasteiger partial charge is 0.333 e. The maximum Gasteiger partial charge on any atom is 0.333 e. The summed E-state index contributed by atoms with van der Waals surface area (Å²) < 4.78 is 27.0. The Hall–Kier alpha value is -1.85. The van der Waals surface area contributed by atoms with Gasteiger partial charge >= 0.3 is 6.55 Å². The Morgan fingerprint density at radius 3 is 2.75 bits per heavy atom. The Morgan fingerprint density at radius 1 is 1.38 bits per heavy atom. The van der Waals surface area contributed by atoms with Crippen LogP contribution < -0.4 is 5.32 Å². The lowest BCUT2D eigenvalue weighted by Crippen LogP contribution is -2.05. The zero-order valence-corrected chi connectivity index (χ0v) is 8.77. The Bertz CT molecular complexity index is 461. The van der Waals surface area contributed by atoms with Gasteiger partial charge in [0.2, 0.25) is 0 Å². The quantitative estimate of drug-likeness (QED) is 0.867. The lowest BCUT2D eigenvalue weighted by Gasteiger charge is -2.04. The number of rotatable bonds is 4. The van der Waals surface area contributed by atoms with Gasteiger partial charge in [0.05, 0.1) is 6.54 Å². The van der Waals surface area contributed by atoms with E-state index in [1.54, 1.807) is 0 Å². The number of hydrogen-bond donors (Lipinski definition) is 1. The molecule has 2 rings (SSSR count). The van der Waals surface area contributed by atoms with Gasteiger partial charge in [-0.15, -0.1) is 0 Å². The molecule has 16 heavy (non-hydrogen) atoms. The van der Waals surface area contributed by atoms with Crippen molar-refractivity contribution in [2.24, 2.45) is 7.05 Å². The molecule has 2 heterocycles. The molecule has 1 N–H and O–H groups in total. The number of halogens is 2. The predicted molar refractivity (Wildman–Crippen MR) is 56.2 cm³/mol. The van der Waals surface area contributed by atoms with Crippen molar-refractivity contribution in [1.29, 1.82) is 0 Å². The van der Waals surface area contributed by atoms with E-state index < -0.39 is 6.55 Å². The monoisotopic (exact) mass is 226 g/mol. The van der Waals surface area contributed by atoms with Crippen LogP contribution in [0.25, 0.3) is 0 Å². The molecule has 0 atom stereocenters. The maximum atomic E-state index is 12.2. The van der Waals surface area contributed by atoms with Gasteiger partial charge in [0.15, 0.2) is 0 Å². The van der Waals surface area contributed by atoms with Crippen LogP contribution in [0.4, 0.5) is 14.6 Å². The molecule has 0 amide bonds. The van der Waals surface area contributed by atoms with Gasteiger partial charge < -0.3 is 9.88 Å². The van der Waals surface area contributed by atoms with Crippen molar-refractivity contribution in [3.63, 3.8) is 0 Å². The molecule has 0 aliphatic carbocycles. The van der Waals surface area contributed by atoms with Gasteiger partial charge in [-0.25, -0.2) is 4.68 Å². The molecule has 0 bridgehead atoms. The molecule has 2 aromatic rings. The highest BCUT2D eigenvalue weighted by molar-refractivity contribution is 5.33. The molecular formula is C10H12F2N4. The van der Waals surface area contributed by atoms with Gasteiger partial charge in [-0.3, -0.25) is 0 Å². The third kappa shape index (κ3) is 2.21. The van der Waals surface area contributed by atoms with E-state index in [1.165, 1.54) is 12.3 Å². The summed E-state index contributed by atoms with van der Waals surface area (Å²) in [5, 5.41) is 6.66. The molecule has 6 heteroatoms. The zero-order valence-electron chi connectivity index (χ0n) is 8.77. The van der Waals surface area contributed by atoms with Crippen LogP contribution in [0, 0.1) is 0 Å². The van der Waals surface area contributed by atoms with Crippen molar-refractivity contribution in [2.45, 2.75) is 13.1 Å². The first-order chi connectivity index (χ1) is 7.66. The summed E-state index contributed by atoms with van der Waals surface area (Å²) in [5.41, 5.74) is 1.06. The molecule has 0 aliphatic heterocycles. The van der Waals surface area contributed by atoms with Crippen LogP contribution in [-0.2, 0) is 13.6 Å². The van der Waals surface area contributed by atoms with Gasteiger partial charge in [0.25, 0.3) is 0 Å². The maximum absolute atomic E-state index is 12.2. The minimum atomic E-state index is -2.59. The van der Waals surface area contributed by atoms with E-state index in [2.05, 4.69) is 10.4 Å². The van der Waals surface area contributed by atoms with Crippen molar-refractivity contribution in [1.82, 2.24) is 14.3 Å². The fourth-order valence-electron chi connectivity index (χ4n) is 1.40. The highest BCUT2D eigenvalue weighted by Crippen LogP contribution is 2.12. The molecule has 0 fully saturated rings. The van der Waals surface area contributed by atoms with Crippen LogP contribution in [-0.4, -0.2) is 14.3 Å². The van der Waals surface area contributed by atoms with Crippen LogP contribution in [0.2, 0.25) is 0 Å². The van der Waals surface area contributed by atoms with Crippen LogP contribution in [0.1, 0.15) is 12.2 Å². The Balaban J connectivity index is 1.97. The molecule has 4 nitrogen and oxygen atoms in total. The molecule has 0 saturated carbocycles. The van der Waals surface area contributed by atoms with Crippen molar-refractivity contribution < 1.29 is 8.78 Å². The molecule has 2 aromatic heterocycles. The van der Waals surface area contributed by atoms with E-state index in [9.17, 15) is 8.78 Å². The van der Waals surface area contributed by atoms with Gasteiger partial charge in [-0.1, -0.05) is 0 Å². The Kier molecular flexibility index (Phi) is 2.89. The minimum absolute atomic E-state index is 0.446. The second kappa shape index (κ2) is 4.34. The van der Waals surface area contributed by atoms with Crippen molar-refractivity contribution >= 4 is 5.82 Å². The zero-order chi connectivity index (χ0) is 11.5. The van der Waals surface area contributed by atoms with Crippen molar-refractivity contribution in [3.05, 3.63) is 36.3 Å². The summed E-state index contributed by atoms with van der Waals surface area (Å²) in [4.78, 5) is 0. The number of alkyl halides is 2. The molecule has 0 unspecified atom stereocenters. The average Bonchev–Trinajstić information content (AvgIpc) is 2.83. The first kappa shape index (κ1) is 10.7. The van der Waals surface area contributed by atoms with E-state index in [-0.39, 0.29) is 0 Å². The largest absolute Gasteiger partial charge is 0.363 e. The van der Waals surface area contributed by atoms with Crippen molar-refractivity contribution in [2.75, 3.05) is 5.32 Å². The minimum Gasteiger partial charge on any atom is -0.363 e. The van der Waals surface area contributed by atoms with Crippen LogP contribution >= 0.6 is 0 Å². The molecule has 0 aromatic carbocycles. The van der Waals surface area contributed by atoms with E-state index in [0.29, 0.717) is 17.0 Å². The number of nitrogens with one attached hydrogen (secondary N) is 1. The van der Waals surface area contributed by atoms with Crippen LogP contribution in [0.5, 0.6) is 0 Å². The van der Waals surface area contributed by atoms with Gasteiger partial charge in [0.1, 0.15) is 5.82 Å². The van der Waals surface area contributed by atoms with Crippen LogP contribution in [0.15, 0.2) is 30.6 Å². The molecule has 0 saturated heterocycles. The lowest BCUT2D eigenvalue weighted by atomic mass is 10.4. The Morgan fingerprint density at radius 2 is 2.19 bits per heavy atom. The second-order valence-corrected chi connectivity index (χ2v) is 3.42. The fourth-order valence-corrected chi connectivity index (χ4v) is 1.40. The molecule has 0 aliphatic rings. The summed E-state index contributed by atoms with van der Waals surface area (Å²) in [5.74, 6) is 0.446. The van der Waals surface area contributed by atoms with Crippen molar-refractivity contribution in [3.8, 4) is 0 Å². The normalized spacial score (nSPS) is 11.0. The highest BCUT2D eigenvalue weighted by Gasteiger charge is 2.07. The number of hydrogen-bond acceptors (Lipinski definition) is 2. The summed E-state index contributed by atoms with van der Waals surface area (Å²) in [7, 11) is 1.93.